The van der Waals surface area contributed by atoms with Crippen molar-refractivity contribution in [2.75, 3.05) is 32.1 Å². The minimum absolute atomic E-state index is 0.0540. The Bertz CT molecular complexity index is 765. The van der Waals surface area contributed by atoms with E-state index in [0.717, 1.165) is 36.7 Å². The second kappa shape index (κ2) is 9.19. The maximum Gasteiger partial charge on any atom is 0.252 e. The van der Waals surface area contributed by atoms with Gasteiger partial charge < -0.3 is 15.1 Å². The Morgan fingerprint density at radius 3 is 2.82 bits per heavy atom. The Balaban J connectivity index is 1.51. The number of nitrogens with zero attached hydrogens (tertiary/aromatic N) is 4. The zero-order chi connectivity index (χ0) is 20.1. The average Bonchev–Trinajstić information content (AvgIpc) is 3.01. The summed E-state index contributed by atoms with van der Waals surface area (Å²) in [4.78, 5) is 21.3. The second-order valence-corrected chi connectivity index (χ2v) is 7.85. The maximum atomic E-state index is 12.4. The van der Waals surface area contributed by atoms with E-state index < -0.39 is 0 Å². The third kappa shape index (κ3) is 4.90. The number of hydrogen-bond donors (Lipinski definition) is 2. The van der Waals surface area contributed by atoms with Crippen LogP contribution >= 0.6 is 0 Å². The van der Waals surface area contributed by atoms with Gasteiger partial charge in [-0.15, -0.1) is 0 Å². The van der Waals surface area contributed by atoms with Gasteiger partial charge in [0.15, 0.2) is 0 Å². The van der Waals surface area contributed by atoms with Crippen molar-refractivity contribution in [3.8, 4) is 0 Å². The summed E-state index contributed by atoms with van der Waals surface area (Å²) in [6, 6.07) is 4.32. The number of aromatic nitrogens is 3. The summed E-state index contributed by atoms with van der Waals surface area (Å²) in [5.41, 5.74) is 3.86. The molecule has 0 unspecified atom stereocenters. The first kappa shape index (κ1) is 20.3. The molecule has 0 aromatic carbocycles. The quantitative estimate of drug-likeness (QED) is 0.767. The molecule has 0 spiro atoms. The second-order valence-electron chi connectivity index (χ2n) is 7.85. The molecule has 2 aromatic rings. The van der Waals surface area contributed by atoms with E-state index in [1.54, 1.807) is 6.20 Å². The Hall–Kier alpha value is -2.41. The number of pyridine rings is 1. The van der Waals surface area contributed by atoms with Gasteiger partial charge in [0.25, 0.3) is 5.91 Å². The number of anilines is 1. The molecule has 152 valence electrons. The van der Waals surface area contributed by atoms with Gasteiger partial charge >= 0.3 is 0 Å². The molecule has 7 nitrogen and oxygen atoms in total. The highest BCUT2D eigenvalue weighted by Crippen LogP contribution is 2.18. The van der Waals surface area contributed by atoms with Gasteiger partial charge in [0, 0.05) is 43.6 Å². The van der Waals surface area contributed by atoms with Crippen molar-refractivity contribution in [1.82, 2.24) is 25.4 Å². The molecule has 0 aliphatic carbocycles. The molecule has 1 saturated heterocycles. The van der Waals surface area contributed by atoms with E-state index in [0.29, 0.717) is 18.2 Å². The third-order valence-corrected chi connectivity index (χ3v) is 5.76. The van der Waals surface area contributed by atoms with E-state index in [1.165, 1.54) is 24.8 Å². The van der Waals surface area contributed by atoms with Crippen LogP contribution in [0.2, 0.25) is 0 Å². The fraction of sp³-hybridized carbons (Fsp3) is 0.571. The molecule has 1 aliphatic rings. The molecule has 0 bridgehead atoms. The molecule has 3 rings (SSSR count). The van der Waals surface area contributed by atoms with Crippen LogP contribution in [-0.2, 0) is 6.54 Å². The van der Waals surface area contributed by atoms with Crippen LogP contribution in [0.3, 0.4) is 0 Å². The van der Waals surface area contributed by atoms with Crippen LogP contribution in [0, 0.1) is 13.8 Å². The first-order valence-corrected chi connectivity index (χ1v) is 10.1. The van der Waals surface area contributed by atoms with Gasteiger partial charge in [0.1, 0.15) is 5.82 Å². The molecule has 2 aromatic heterocycles. The molecule has 1 atom stereocenters. The predicted molar refractivity (Wildman–Crippen MR) is 112 cm³/mol. The van der Waals surface area contributed by atoms with E-state index in [4.69, 9.17) is 0 Å². The largest absolute Gasteiger partial charge is 0.355 e. The maximum absolute atomic E-state index is 12.4. The highest BCUT2D eigenvalue weighted by atomic mass is 16.1. The minimum Gasteiger partial charge on any atom is -0.355 e. The normalized spacial score (nSPS) is 17.5. The number of amides is 1. The fourth-order valence-electron chi connectivity index (χ4n) is 3.83. The number of carbonyl (C=O) groups is 1. The van der Waals surface area contributed by atoms with Crippen LogP contribution in [-0.4, -0.2) is 59.2 Å². The van der Waals surface area contributed by atoms with Crippen molar-refractivity contribution in [2.24, 2.45) is 0 Å². The van der Waals surface area contributed by atoms with Gasteiger partial charge in [-0.25, -0.2) is 4.98 Å². The molecule has 0 saturated carbocycles. The number of rotatable bonds is 7. The first-order chi connectivity index (χ1) is 13.5. The van der Waals surface area contributed by atoms with E-state index in [9.17, 15) is 4.79 Å². The van der Waals surface area contributed by atoms with E-state index in [2.05, 4.69) is 37.3 Å². The van der Waals surface area contributed by atoms with Crippen LogP contribution in [0.1, 0.15) is 53.0 Å². The SMILES string of the molecule is Cc1n[nH]c(C)c1CN(C)c1ccc(C(=O)NCC[C@H]2CCCCN2C)cn1. The van der Waals surface area contributed by atoms with E-state index in [-0.39, 0.29) is 5.91 Å². The molecule has 2 N–H and O–H groups in total. The summed E-state index contributed by atoms with van der Waals surface area (Å²) in [6.07, 6.45) is 6.46. The number of nitrogens with one attached hydrogen (secondary N) is 2. The molecular formula is C21H32N6O. The lowest BCUT2D eigenvalue weighted by molar-refractivity contribution is 0.0945. The molecule has 0 radical (unpaired) electrons. The average molecular weight is 385 g/mol. The van der Waals surface area contributed by atoms with Crippen molar-refractivity contribution in [2.45, 2.75) is 52.1 Å². The van der Waals surface area contributed by atoms with E-state index in [1.807, 2.05) is 33.0 Å². The number of hydrogen-bond acceptors (Lipinski definition) is 5. The van der Waals surface area contributed by atoms with Crippen molar-refractivity contribution in [3.63, 3.8) is 0 Å². The molecular weight excluding hydrogens is 352 g/mol. The minimum atomic E-state index is -0.0540. The summed E-state index contributed by atoms with van der Waals surface area (Å²) in [5, 5.41) is 10.3. The summed E-state index contributed by atoms with van der Waals surface area (Å²) >= 11 is 0. The van der Waals surface area contributed by atoms with Crippen LogP contribution in [0.4, 0.5) is 5.82 Å². The molecule has 7 heteroatoms. The van der Waals surface area contributed by atoms with Crippen LogP contribution < -0.4 is 10.2 Å². The van der Waals surface area contributed by atoms with Crippen molar-refractivity contribution in [3.05, 3.63) is 40.8 Å². The van der Waals surface area contributed by atoms with Gasteiger partial charge in [-0.1, -0.05) is 6.42 Å². The summed E-state index contributed by atoms with van der Waals surface area (Å²) in [7, 11) is 4.17. The number of carbonyl (C=O) groups excluding carboxylic acids is 1. The predicted octanol–water partition coefficient (Wildman–Crippen LogP) is 2.66. The summed E-state index contributed by atoms with van der Waals surface area (Å²) < 4.78 is 0. The zero-order valence-corrected chi connectivity index (χ0v) is 17.5. The topological polar surface area (TPSA) is 77.2 Å². The Morgan fingerprint density at radius 2 is 2.18 bits per heavy atom. The highest BCUT2D eigenvalue weighted by molar-refractivity contribution is 5.94. The molecule has 1 aliphatic heterocycles. The fourth-order valence-corrected chi connectivity index (χ4v) is 3.83. The Kier molecular flexibility index (Phi) is 6.67. The van der Waals surface area contributed by atoms with Crippen LogP contribution in [0.5, 0.6) is 0 Å². The van der Waals surface area contributed by atoms with Crippen molar-refractivity contribution >= 4 is 11.7 Å². The third-order valence-electron chi connectivity index (χ3n) is 5.76. The Morgan fingerprint density at radius 1 is 1.36 bits per heavy atom. The van der Waals surface area contributed by atoms with Gasteiger partial charge in [0.05, 0.1) is 11.3 Å². The number of aryl methyl sites for hydroxylation is 2. The number of likely N-dealkylation sites (tertiary alicyclic amines) is 1. The standard InChI is InChI=1S/C21H32N6O/c1-15-19(16(2)25-24-15)14-27(4)20-9-8-17(13-23-20)21(28)22-11-10-18-7-5-6-12-26(18)3/h8-9,13,18H,5-7,10-12,14H2,1-4H3,(H,22,28)(H,24,25)/t18-/m1/s1. The molecule has 1 amide bonds. The lowest BCUT2D eigenvalue weighted by atomic mass is 10.0. The lowest BCUT2D eigenvalue weighted by Gasteiger charge is -2.32. The number of H-pyrrole nitrogens is 1. The molecule has 3 heterocycles. The van der Waals surface area contributed by atoms with Gasteiger partial charge in [-0.3, -0.25) is 9.89 Å². The Labute approximate surface area is 167 Å². The summed E-state index contributed by atoms with van der Waals surface area (Å²) in [5.74, 6) is 0.780. The number of aromatic amines is 1. The number of piperidine rings is 1. The smallest absolute Gasteiger partial charge is 0.252 e. The van der Waals surface area contributed by atoms with Crippen LogP contribution in [0.15, 0.2) is 18.3 Å². The monoisotopic (exact) mass is 384 g/mol. The zero-order valence-electron chi connectivity index (χ0n) is 17.5. The highest BCUT2D eigenvalue weighted by Gasteiger charge is 2.18. The van der Waals surface area contributed by atoms with Gasteiger partial charge in [0.2, 0.25) is 0 Å². The van der Waals surface area contributed by atoms with E-state index >= 15 is 0 Å². The molecule has 1 fully saturated rings. The van der Waals surface area contributed by atoms with Crippen LogP contribution in [0.25, 0.3) is 0 Å². The lowest BCUT2D eigenvalue weighted by Crippen LogP contribution is -2.39. The van der Waals surface area contributed by atoms with Gasteiger partial charge in [-0.2, -0.15) is 5.10 Å². The van der Waals surface area contributed by atoms with Crippen molar-refractivity contribution in [1.29, 1.82) is 0 Å². The van der Waals surface area contributed by atoms with Gasteiger partial charge in [-0.05, 0) is 58.8 Å². The first-order valence-electron chi connectivity index (χ1n) is 10.1. The van der Waals surface area contributed by atoms with Crippen molar-refractivity contribution < 1.29 is 4.79 Å². The molecule has 28 heavy (non-hydrogen) atoms. The summed E-state index contributed by atoms with van der Waals surface area (Å²) in [6.45, 7) is 6.61.